The van der Waals surface area contributed by atoms with E-state index in [-0.39, 0.29) is 0 Å². The highest BCUT2D eigenvalue weighted by Gasteiger charge is 1.96. The lowest BCUT2D eigenvalue weighted by molar-refractivity contribution is 0.866. The van der Waals surface area contributed by atoms with Gasteiger partial charge in [-0.05, 0) is 17.0 Å². The second kappa shape index (κ2) is 4.05. The third-order valence-electron chi connectivity index (χ3n) is 1.88. The molecule has 0 aliphatic rings. The second-order valence-corrected chi connectivity index (χ2v) is 3.21. The molecule has 0 fully saturated rings. The average Bonchev–Trinajstić information content (AvgIpc) is 2.06. The van der Waals surface area contributed by atoms with Gasteiger partial charge in [0.1, 0.15) is 0 Å². The van der Waals surface area contributed by atoms with Crippen molar-refractivity contribution in [3.8, 4) is 0 Å². The van der Waals surface area contributed by atoms with Gasteiger partial charge in [0, 0.05) is 13.3 Å². The number of aliphatic imine (C=N–C) groups is 1. The molecule has 64 valence electrons. The molecule has 0 saturated carbocycles. The quantitative estimate of drug-likeness (QED) is 0.591. The van der Waals surface area contributed by atoms with Gasteiger partial charge in [0.25, 0.3) is 0 Å². The summed E-state index contributed by atoms with van der Waals surface area (Å²) in [5.41, 5.74) is 2.55. The smallest absolute Gasteiger partial charge is 0.0281 e. The summed E-state index contributed by atoms with van der Waals surface area (Å²) >= 11 is 0. The van der Waals surface area contributed by atoms with Crippen LogP contribution in [-0.4, -0.2) is 13.3 Å². The van der Waals surface area contributed by atoms with E-state index < -0.39 is 0 Å². The molecule has 1 rings (SSSR count). The summed E-state index contributed by atoms with van der Waals surface area (Å²) in [6.07, 6.45) is 1.87. The average molecular weight is 161 g/mol. The first kappa shape index (κ1) is 8.98. The van der Waals surface area contributed by atoms with Gasteiger partial charge in [-0.3, -0.25) is 4.99 Å². The van der Waals surface area contributed by atoms with E-state index in [1.165, 1.54) is 11.1 Å². The van der Waals surface area contributed by atoms with Crippen molar-refractivity contribution in [2.75, 3.05) is 7.05 Å². The van der Waals surface area contributed by atoms with Crippen LogP contribution in [0.5, 0.6) is 0 Å². The van der Waals surface area contributed by atoms with Gasteiger partial charge in [0.05, 0.1) is 0 Å². The van der Waals surface area contributed by atoms with Crippen LogP contribution in [0, 0.1) is 0 Å². The maximum Gasteiger partial charge on any atom is 0.0281 e. The van der Waals surface area contributed by atoms with E-state index in [2.05, 4.69) is 43.1 Å². The number of rotatable bonds is 2. The first-order valence-corrected chi connectivity index (χ1v) is 4.26. The Hall–Kier alpha value is -1.11. The van der Waals surface area contributed by atoms with Gasteiger partial charge >= 0.3 is 0 Å². The van der Waals surface area contributed by atoms with E-state index >= 15 is 0 Å². The zero-order valence-corrected chi connectivity index (χ0v) is 7.91. The van der Waals surface area contributed by atoms with Crippen LogP contribution in [0.25, 0.3) is 0 Å². The molecule has 0 radical (unpaired) electrons. The summed E-state index contributed by atoms with van der Waals surface area (Å²) in [7, 11) is 1.79. The van der Waals surface area contributed by atoms with Crippen molar-refractivity contribution in [1.29, 1.82) is 0 Å². The minimum atomic E-state index is 0.609. The molecular formula is C11H15N. The van der Waals surface area contributed by atoms with E-state index in [4.69, 9.17) is 0 Å². The molecule has 1 aromatic carbocycles. The van der Waals surface area contributed by atoms with E-state index in [0.717, 1.165) is 0 Å². The Labute approximate surface area is 74.2 Å². The highest BCUT2D eigenvalue weighted by Crippen LogP contribution is 2.13. The molecule has 0 aromatic heterocycles. The van der Waals surface area contributed by atoms with Gasteiger partial charge in [-0.15, -0.1) is 0 Å². The van der Waals surface area contributed by atoms with Crippen molar-refractivity contribution in [3.05, 3.63) is 35.4 Å². The van der Waals surface area contributed by atoms with Crippen LogP contribution in [0.1, 0.15) is 30.9 Å². The van der Waals surface area contributed by atoms with Crippen LogP contribution >= 0.6 is 0 Å². The van der Waals surface area contributed by atoms with Gasteiger partial charge in [-0.2, -0.15) is 0 Å². The van der Waals surface area contributed by atoms with Crippen LogP contribution in [0.2, 0.25) is 0 Å². The predicted octanol–water partition coefficient (Wildman–Crippen LogP) is 2.86. The van der Waals surface area contributed by atoms with Crippen LogP contribution in [-0.2, 0) is 0 Å². The molecule has 1 heteroatoms. The molecule has 1 aromatic rings. The summed E-state index contributed by atoms with van der Waals surface area (Å²) in [6, 6.07) is 8.51. The van der Waals surface area contributed by atoms with Crippen molar-refractivity contribution in [3.63, 3.8) is 0 Å². The first-order chi connectivity index (χ1) is 5.74. The van der Waals surface area contributed by atoms with Crippen LogP contribution in [0.3, 0.4) is 0 Å². The highest BCUT2D eigenvalue weighted by atomic mass is 14.6. The molecule has 0 N–H and O–H groups in total. The molecule has 0 saturated heterocycles. The van der Waals surface area contributed by atoms with E-state index in [0.29, 0.717) is 5.92 Å². The predicted molar refractivity (Wildman–Crippen MR) is 54.0 cm³/mol. The lowest BCUT2D eigenvalue weighted by atomic mass is 10.0. The summed E-state index contributed by atoms with van der Waals surface area (Å²) in [4.78, 5) is 3.96. The minimum Gasteiger partial charge on any atom is -0.296 e. The Bertz CT molecular complexity index is 257. The molecule has 0 bridgehead atoms. The molecule has 0 spiro atoms. The summed E-state index contributed by atoms with van der Waals surface area (Å²) in [5.74, 6) is 0.609. The molecule has 0 aliphatic heterocycles. The first-order valence-electron chi connectivity index (χ1n) is 4.26. The lowest BCUT2D eigenvalue weighted by Gasteiger charge is -2.03. The van der Waals surface area contributed by atoms with Crippen molar-refractivity contribution in [2.45, 2.75) is 19.8 Å². The zero-order valence-electron chi connectivity index (χ0n) is 7.91. The maximum atomic E-state index is 3.96. The third kappa shape index (κ3) is 2.19. The topological polar surface area (TPSA) is 12.4 Å². The Morgan fingerprint density at radius 1 is 1.17 bits per heavy atom. The SMILES string of the molecule is CN=Cc1ccc(C(C)C)cc1. The summed E-state index contributed by atoms with van der Waals surface area (Å²) in [6.45, 7) is 4.39. The van der Waals surface area contributed by atoms with Crippen molar-refractivity contribution in [1.82, 2.24) is 0 Å². The standard InChI is InChI=1S/C11H15N/c1-9(2)11-6-4-10(5-7-11)8-12-3/h4-9H,1-3H3. The number of hydrogen-bond acceptors (Lipinski definition) is 1. The summed E-state index contributed by atoms with van der Waals surface area (Å²) < 4.78 is 0. The van der Waals surface area contributed by atoms with Crippen molar-refractivity contribution in [2.24, 2.45) is 4.99 Å². The summed E-state index contributed by atoms with van der Waals surface area (Å²) in [5, 5.41) is 0. The fourth-order valence-electron chi connectivity index (χ4n) is 1.12. The van der Waals surface area contributed by atoms with E-state index in [1.54, 1.807) is 7.05 Å². The second-order valence-electron chi connectivity index (χ2n) is 3.21. The number of benzene rings is 1. The third-order valence-corrected chi connectivity index (χ3v) is 1.88. The Balaban J connectivity index is 2.85. The van der Waals surface area contributed by atoms with Crippen LogP contribution < -0.4 is 0 Å². The lowest BCUT2D eigenvalue weighted by Crippen LogP contribution is -1.87. The molecule has 0 atom stereocenters. The Kier molecular flexibility index (Phi) is 3.03. The normalized spacial score (nSPS) is 11.3. The molecule has 0 amide bonds. The largest absolute Gasteiger partial charge is 0.296 e. The Morgan fingerprint density at radius 2 is 1.75 bits per heavy atom. The van der Waals surface area contributed by atoms with Gasteiger partial charge in [-0.1, -0.05) is 38.1 Å². The fourth-order valence-corrected chi connectivity index (χ4v) is 1.12. The molecule has 0 aliphatic carbocycles. The van der Waals surface area contributed by atoms with Crippen molar-refractivity contribution < 1.29 is 0 Å². The zero-order chi connectivity index (χ0) is 8.97. The number of hydrogen-bond donors (Lipinski definition) is 0. The molecule has 12 heavy (non-hydrogen) atoms. The van der Waals surface area contributed by atoms with E-state index in [9.17, 15) is 0 Å². The fraction of sp³-hybridized carbons (Fsp3) is 0.364. The van der Waals surface area contributed by atoms with Gasteiger partial charge in [0.15, 0.2) is 0 Å². The molecule has 0 unspecified atom stereocenters. The Morgan fingerprint density at radius 3 is 2.17 bits per heavy atom. The van der Waals surface area contributed by atoms with Crippen LogP contribution in [0.15, 0.2) is 29.3 Å². The minimum absolute atomic E-state index is 0.609. The van der Waals surface area contributed by atoms with Gasteiger partial charge in [-0.25, -0.2) is 0 Å². The molecule has 0 heterocycles. The number of nitrogens with zero attached hydrogens (tertiary/aromatic N) is 1. The van der Waals surface area contributed by atoms with E-state index in [1.807, 2.05) is 6.21 Å². The molecule has 1 nitrogen and oxygen atoms in total. The van der Waals surface area contributed by atoms with Gasteiger partial charge in [0.2, 0.25) is 0 Å². The van der Waals surface area contributed by atoms with Crippen molar-refractivity contribution >= 4 is 6.21 Å². The highest BCUT2D eigenvalue weighted by molar-refractivity contribution is 5.79. The maximum absolute atomic E-state index is 3.96. The molecular weight excluding hydrogens is 146 g/mol. The van der Waals surface area contributed by atoms with Crippen LogP contribution in [0.4, 0.5) is 0 Å². The monoisotopic (exact) mass is 161 g/mol. The van der Waals surface area contributed by atoms with Gasteiger partial charge < -0.3 is 0 Å².